The highest BCUT2D eigenvalue weighted by Gasteiger charge is 2.04. The van der Waals surface area contributed by atoms with Gasteiger partial charge in [0.15, 0.2) is 0 Å². The largest absolute Gasteiger partial charge is 0.366 e. The maximum atomic E-state index is 5.53. The molecular weight excluding hydrogens is 190 g/mol. The SMILES string of the molecule is CCN(C)c1cc(NC(C)CN)ncn1. The predicted octanol–water partition coefficient (Wildman–Crippen LogP) is 0.692. The smallest absolute Gasteiger partial charge is 0.133 e. The topological polar surface area (TPSA) is 67.1 Å². The Hall–Kier alpha value is -1.36. The molecule has 0 saturated carbocycles. The van der Waals surface area contributed by atoms with Gasteiger partial charge in [0, 0.05) is 32.2 Å². The van der Waals surface area contributed by atoms with E-state index in [0.29, 0.717) is 6.54 Å². The molecule has 1 aromatic rings. The number of anilines is 2. The third kappa shape index (κ3) is 3.36. The molecule has 1 atom stereocenters. The van der Waals surface area contributed by atoms with Gasteiger partial charge in [-0.05, 0) is 13.8 Å². The van der Waals surface area contributed by atoms with Crippen LogP contribution >= 0.6 is 0 Å². The number of nitrogens with zero attached hydrogens (tertiary/aromatic N) is 3. The second kappa shape index (κ2) is 5.50. The van der Waals surface area contributed by atoms with E-state index in [0.717, 1.165) is 18.2 Å². The number of aromatic nitrogens is 2. The van der Waals surface area contributed by atoms with E-state index in [4.69, 9.17) is 5.73 Å². The van der Waals surface area contributed by atoms with Crippen LogP contribution in [0.4, 0.5) is 11.6 Å². The van der Waals surface area contributed by atoms with E-state index >= 15 is 0 Å². The van der Waals surface area contributed by atoms with E-state index in [1.165, 1.54) is 0 Å². The van der Waals surface area contributed by atoms with Gasteiger partial charge in [-0.15, -0.1) is 0 Å². The van der Waals surface area contributed by atoms with Crippen molar-refractivity contribution in [1.29, 1.82) is 0 Å². The monoisotopic (exact) mass is 209 g/mol. The molecule has 0 spiro atoms. The lowest BCUT2D eigenvalue weighted by molar-refractivity contribution is 0.796. The van der Waals surface area contributed by atoms with Gasteiger partial charge in [0.1, 0.15) is 18.0 Å². The summed E-state index contributed by atoms with van der Waals surface area (Å²) in [7, 11) is 2.00. The maximum absolute atomic E-state index is 5.53. The molecule has 5 nitrogen and oxygen atoms in total. The Labute approximate surface area is 90.7 Å². The lowest BCUT2D eigenvalue weighted by Crippen LogP contribution is -2.26. The van der Waals surface area contributed by atoms with Gasteiger partial charge in [-0.25, -0.2) is 9.97 Å². The Kier molecular flexibility index (Phi) is 4.30. The fourth-order valence-electron chi connectivity index (χ4n) is 1.11. The minimum atomic E-state index is 0.222. The molecule has 15 heavy (non-hydrogen) atoms. The first-order valence-corrected chi connectivity index (χ1v) is 5.17. The van der Waals surface area contributed by atoms with Crippen molar-refractivity contribution >= 4 is 11.6 Å². The first-order chi connectivity index (χ1) is 7.17. The predicted molar refractivity (Wildman–Crippen MR) is 63.1 cm³/mol. The molecule has 0 radical (unpaired) electrons. The fourth-order valence-corrected chi connectivity index (χ4v) is 1.11. The van der Waals surface area contributed by atoms with Gasteiger partial charge >= 0.3 is 0 Å². The van der Waals surface area contributed by atoms with Crippen LogP contribution in [0.1, 0.15) is 13.8 Å². The third-order valence-corrected chi connectivity index (χ3v) is 2.27. The lowest BCUT2D eigenvalue weighted by atomic mass is 10.3. The molecule has 1 heterocycles. The highest BCUT2D eigenvalue weighted by Crippen LogP contribution is 2.12. The highest BCUT2D eigenvalue weighted by molar-refractivity contribution is 5.48. The zero-order valence-electron chi connectivity index (χ0n) is 9.57. The van der Waals surface area contributed by atoms with Gasteiger partial charge < -0.3 is 16.0 Å². The van der Waals surface area contributed by atoms with Crippen LogP contribution in [0.3, 0.4) is 0 Å². The van der Waals surface area contributed by atoms with Gasteiger partial charge in [0.2, 0.25) is 0 Å². The van der Waals surface area contributed by atoms with Gasteiger partial charge in [0.05, 0.1) is 0 Å². The second-order valence-electron chi connectivity index (χ2n) is 3.56. The lowest BCUT2D eigenvalue weighted by Gasteiger charge is -2.17. The van der Waals surface area contributed by atoms with Crippen LogP contribution in [-0.2, 0) is 0 Å². The average molecular weight is 209 g/mol. The van der Waals surface area contributed by atoms with Crippen molar-refractivity contribution in [3.63, 3.8) is 0 Å². The standard InChI is InChI=1S/C10H19N5/c1-4-15(3)10-5-9(12-7-13-10)14-8(2)6-11/h5,7-8H,4,6,11H2,1-3H3,(H,12,13,14). The van der Waals surface area contributed by atoms with Crippen molar-refractivity contribution in [3.05, 3.63) is 12.4 Å². The van der Waals surface area contributed by atoms with Crippen molar-refractivity contribution < 1.29 is 0 Å². The number of hydrogen-bond donors (Lipinski definition) is 2. The van der Waals surface area contributed by atoms with Crippen molar-refractivity contribution in [2.45, 2.75) is 19.9 Å². The summed E-state index contributed by atoms with van der Waals surface area (Å²) in [5, 5.41) is 3.21. The maximum Gasteiger partial charge on any atom is 0.133 e. The van der Waals surface area contributed by atoms with Crippen LogP contribution in [0, 0.1) is 0 Å². The van der Waals surface area contributed by atoms with Crippen LogP contribution in [0.2, 0.25) is 0 Å². The van der Waals surface area contributed by atoms with E-state index in [1.54, 1.807) is 6.33 Å². The van der Waals surface area contributed by atoms with E-state index in [2.05, 4.69) is 27.1 Å². The van der Waals surface area contributed by atoms with Crippen molar-refractivity contribution in [3.8, 4) is 0 Å². The molecule has 3 N–H and O–H groups in total. The Morgan fingerprint density at radius 3 is 2.87 bits per heavy atom. The van der Waals surface area contributed by atoms with Gasteiger partial charge in [-0.2, -0.15) is 0 Å². The van der Waals surface area contributed by atoms with E-state index < -0.39 is 0 Å². The minimum Gasteiger partial charge on any atom is -0.366 e. The zero-order valence-corrected chi connectivity index (χ0v) is 9.57. The summed E-state index contributed by atoms with van der Waals surface area (Å²) in [5.41, 5.74) is 5.53. The molecule has 1 unspecified atom stereocenters. The summed E-state index contributed by atoms with van der Waals surface area (Å²) in [6, 6.07) is 2.15. The summed E-state index contributed by atoms with van der Waals surface area (Å²) in [6.45, 7) is 5.61. The van der Waals surface area contributed by atoms with E-state index in [9.17, 15) is 0 Å². The second-order valence-corrected chi connectivity index (χ2v) is 3.56. The molecule has 0 aromatic carbocycles. The Morgan fingerprint density at radius 1 is 1.53 bits per heavy atom. The van der Waals surface area contributed by atoms with Crippen molar-refractivity contribution in [2.75, 3.05) is 30.4 Å². The average Bonchev–Trinajstić information content (AvgIpc) is 2.28. The molecule has 5 heteroatoms. The Morgan fingerprint density at radius 2 is 2.27 bits per heavy atom. The van der Waals surface area contributed by atoms with Crippen molar-refractivity contribution in [2.24, 2.45) is 5.73 Å². The highest BCUT2D eigenvalue weighted by atomic mass is 15.2. The summed E-state index contributed by atoms with van der Waals surface area (Å²) < 4.78 is 0. The van der Waals surface area contributed by atoms with Gasteiger partial charge in [-0.1, -0.05) is 0 Å². The Balaban J connectivity index is 2.74. The molecule has 0 bridgehead atoms. The molecule has 0 aliphatic carbocycles. The molecular formula is C10H19N5. The molecule has 0 amide bonds. The molecule has 84 valence electrons. The van der Waals surface area contributed by atoms with Crippen LogP contribution in [0.15, 0.2) is 12.4 Å². The zero-order chi connectivity index (χ0) is 11.3. The summed E-state index contributed by atoms with van der Waals surface area (Å²) in [6.07, 6.45) is 1.56. The van der Waals surface area contributed by atoms with Crippen LogP contribution in [0.5, 0.6) is 0 Å². The van der Waals surface area contributed by atoms with Crippen LogP contribution in [-0.4, -0.2) is 36.1 Å². The Bertz CT molecular complexity index is 302. The first-order valence-electron chi connectivity index (χ1n) is 5.17. The van der Waals surface area contributed by atoms with Gasteiger partial charge in [-0.3, -0.25) is 0 Å². The summed E-state index contributed by atoms with van der Waals surface area (Å²) >= 11 is 0. The van der Waals surface area contributed by atoms with E-state index in [1.807, 2.05) is 20.0 Å². The van der Waals surface area contributed by atoms with Crippen LogP contribution in [0.25, 0.3) is 0 Å². The quantitative estimate of drug-likeness (QED) is 0.747. The molecule has 1 aromatic heterocycles. The number of nitrogens with one attached hydrogen (secondary N) is 1. The number of hydrogen-bond acceptors (Lipinski definition) is 5. The number of nitrogens with two attached hydrogens (primary N) is 1. The van der Waals surface area contributed by atoms with Crippen molar-refractivity contribution in [1.82, 2.24) is 9.97 Å². The first kappa shape index (κ1) is 11.7. The summed E-state index contributed by atoms with van der Waals surface area (Å²) in [4.78, 5) is 10.4. The van der Waals surface area contributed by atoms with Crippen LogP contribution < -0.4 is 16.0 Å². The molecule has 0 aliphatic rings. The fraction of sp³-hybridized carbons (Fsp3) is 0.600. The normalized spacial score (nSPS) is 12.3. The molecule has 0 aliphatic heterocycles. The van der Waals surface area contributed by atoms with Gasteiger partial charge in [0.25, 0.3) is 0 Å². The third-order valence-electron chi connectivity index (χ3n) is 2.27. The minimum absolute atomic E-state index is 0.222. The molecule has 1 rings (SSSR count). The molecule has 0 saturated heterocycles. The number of rotatable bonds is 5. The van der Waals surface area contributed by atoms with E-state index in [-0.39, 0.29) is 6.04 Å². The summed E-state index contributed by atoms with van der Waals surface area (Å²) in [5.74, 6) is 1.73. The molecule has 0 fully saturated rings.